The average Bonchev–Trinajstić information content (AvgIpc) is 2.75. The number of ketones is 1. The van der Waals surface area contributed by atoms with Crippen molar-refractivity contribution < 1.29 is 13.2 Å². The van der Waals surface area contributed by atoms with Crippen molar-refractivity contribution in [2.45, 2.75) is 23.1 Å². The normalized spacial score (nSPS) is 23.3. The van der Waals surface area contributed by atoms with E-state index in [1.54, 1.807) is 12.1 Å². The van der Waals surface area contributed by atoms with E-state index < -0.39 is 14.0 Å². The van der Waals surface area contributed by atoms with Crippen LogP contribution >= 0.6 is 11.8 Å². The largest absolute Gasteiger partial charge is 0.355 e. The topological polar surface area (TPSA) is 76.1 Å². The molecule has 1 aromatic rings. The molecule has 1 aliphatic heterocycles. The minimum atomic E-state index is -3.67. The Bertz CT molecular complexity index is 610. The Morgan fingerprint density at radius 2 is 2.17 bits per heavy atom. The molecule has 2 rings (SSSR count). The lowest BCUT2D eigenvalue weighted by molar-refractivity contribution is -0.113. The fourth-order valence-electron chi connectivity index (χ4n) is 1.48. The number of nitrogens with zero attached hydrogens (tertiary/aromatic N) is 1. The number of hydrogen-bond acceptors (Lipinski definition) is 6. The van der Waals surface area contributed by atoms with Crippen molar-refractivity contribution in [1.29, 1.82) is 0 Å². The van der Waals surface area contributed by atoms with Gasteiger partial charge in [-0.1, -0.05) is 17.8 Å². The fraction of sp³-hybridized carbons (Fsp3) is 0.273. The van der Waals surface area contributed by atoms with Crippen LogP contribution in [0, 0.1) is 0 Å². The molecule has 0 saturated carbocycles. The molecule has 7 heteroatoms. The van der Waals surface area contributed by atoms with Gasteiger partial charge in [-0.2, -0.15) is 0 Å². The number of rotatable bonds is 3. The number of thioether (sulfide) groups is 1. The second-order valence-corrected chi connectivity index (χ2v) is 7.74. The number of sulfone groups is 1. The molecule has 18 heavy (non-hydrogen) atoms. The summed E-state index contributed by atoms with van der Waals surface area (Å²) >= 11 is 1.06. The number of aromatic nitrogens is 1. The van der Waals surface area contributed by atoms with Gasteiger partial charge in [-0.05, 0) is 19.1 Å². The Labute approximate surface area is 110 Å². The molecule has 0 saturated heterocycles. The Morgan fingerprint density at radius 1 is 1.44 bits per heavy atom. The molecule has 1 atom stereocenters. The average molecular weight is 284 g/mol. The number of nitrogens with one attached hydrogen (secondary N) is 1. The van der Waals surface area contributed by atoms with E-state index in [1.165, 1.54) is 31.5 Å². The van der Waals surface area contributed by atoms with E-state index in [-0.39, 0.29) is 10.8 Å². The molecule has 1 unspecified atom stereocenters. The minimum Gasteiger partial charge on any atom is -0.355 e. The third-order valence-corrected chi connectivity index (χ3v) is 6.34. The van der Waals surface area contributed by atoms with E-state index in [0.29, 0.717) is 5.70 Å². The van der Waals surface area contributed by atoms with Gasteiger partial charge in [-0.15, -0.1) is 0 Å². The number of carbonyl (C=O) groups excluding carboxylic acids is 1. The van der Waals surface area contributed by atoms with E-state index in [2.05, 4.69) is 10.3 Å². The van der Waals surface area contributed by atoms with Crippen molar-refractivity contribution in [3.8, 4) is 0 Å². The van der Waals surface area contributed by atoms with Crippen LogP contribution in [-0.4, -0.2) is 23.4 Å². The van der Waals surface area contributed by atoms with E-state index in [9.17, 15) is 13.2 Å². The summed E-state index contributed by atoms with van der Waals surface area (Å²) < 4.78 is 23.6. The summed E-state index contributed by atoms with van der Waals surface area (Å²) in [6.07, 6.45) is 1.43. The maximum atomic E-state index is 12.4. The predicted octanol–water partition coefficient (Wildman–Crippen LogP) is 1.30. The SMILES string of the molecule is CC(=O)C1=CSC(C)(S(=O)(=O)c2ccccn2)N1. The first-order valence-corrected chi connectivity index (χ1v) is 7.56. The molecular weight excluding hydrogens is 272 g/mol. The Kier molecular flexibility index (Phi) is 3.20. The van der Waals surface area contributed by atoms with Crippen molar-refractivity contribution >= 4 is 27.4 Å². The molecule has 0 amide bonds. The molecule has 0 aliphatic carbocycles. The Hall–Kier alpha value is -1.34. The predicted molar refractivity (Wildman–Crippen MR) is 69.3 cm³/mol. The van der Waals surface area contributed by atoms with Gasteiger partial charge in [0.2, 0.25) is 9.84 Å². The van der Waals surface area contributed by atoms with Crippen LogP contribution in [0.4, 0.5) is 0 Å². The smallest absolute Gasteiger partial charge is 0.229 e. The Balaban J connectivity index is 2.37. The lowest BCUT2D eigenvalue weighted by atomic mass is 10.3. The number of allylic oxidation sites excluding steroid dienone is 1. The van der Waals surface area contributed by atoms with Gasteiger partial charge in [0.25, 0.3) is 0 Å². The van der Waals surface area contributed by atoms with E-state index in [4.69, 9.17) is 0 Å². The van der Waals surface area contributed by atoms with Crippen LogP contribution in [0.2, 0.25) is 0 Å². The van der Waals surface area contributed by atoms with E-state index >= 15 is 0 Å². The minimum absolute atomic E-state index is 0.00861. The lowest BCUT2D eigenvalue weighted by Gasteiger charge is -2.24. The summed E-state index contributed by atoms with van der Waals surface area (Å²) in [4.78, 5) is 15.1. The zero-order chi connectivity index (χ0) is 13.4. The molecule has 1 N–H and O–H groups in total. The summed E-state index contributed by atoms with van der Waals surface area (Å²) in [5.41, 5.74) is 0.307. The molecule has 0 fully saturated rings. The van der Waals surface area contributed by atoms with Crippen LogP contribution in [0.1, 0.15) is 13.8 Å². The van der Waals surface area contributed by atoms with Crippen LogP contribution in [0.25, 0.3) is 0 Å². The molecule has 0 bridgehead atoms. The van der Waals surface area contributed by atoms with Crippen LogP contribution < -0.4 is 5.32 Å². The summed E-state index contributed by atoms with van der Waals surface area (Å²) in [5, 5.41) is 4.27. The molecular formula is C11H12N2O3S2. The molecule has 0 spiro atoms. The number of Topliss-reactive ketones (excluding diaryl/α,β-unsaturated/α-hetero) is 1. The third-order valence-electron chi connectivity index (χ3n) is 2.57. The molecule has 5 nitrogen and oxygen atoms in total. The highest BCUT2D eigenvalue weighted by Crippen LogP contribution is 2.39. The van der Waals surface area contributed by atoms with Crippen molar-refractivity contribution in [3.63, 3.8) is 0 Å². The van der Waals surface area contributed by atoms with Crippen molar-refractivity contribution in [2.75, 3.05) is 0 Å². The molecule has 2 heterocycles. The van der Waals surface area contributed by atoms with Crippen molar-refractivity contribution in [1.82, 2.24) is 10.3 Å². The van der Waals surface area contributed by atoms with Gasteiger partial charge in [0.1, 0.15) is 0 Å². The van der Waals surface area contributed by atoms with Gasteiger partial charge >= 0.3 is 0 Å². The second-order valence-electron chi connectivity index (χ2n) is 3.95. The second kappa shape index (κ2) is 4.40. The zero-order valence-corrected chi connectivity index (χ0v) is 11.5. The summed E-state index contributed by atoms with van der Waals surface area (Å²) in [5.74, 6) is -0.192. The monoisotopic (exact) mass is 284 g/mol. The molecule has 1 aromatic heterocycles. The summed E-state index contributed by atoms with van der Waals surface area (Å²) in [6.45, 7) is 2.91. The highest BCUT2D eigenvalue weighted by Gasteiger charge is 2.45. The highest BCUT2D eigenvalue weighted by molar-refractivity contribution is 8.16. The van der Waals surface area contributed by atoms with Crippen molar-refractivity contribution in [3.05, 3.63) is 35.5 Å². The van der Waals surface area contributed by atoms with Crippen LogP contribution in [-0.2, 0) is 14.6 Å². The van der Waals surface area contributed by atoms with Crippen LogP contribution in [0.5, 0.6) is 0 Å². The third kappa shape index (κ3) is 2.04. The van der Waals surface area contributed by atoms with Gasteiger partial charge < -0.3 is 5.32 Å². The molecule has 96 valence electrons. The highest BCUT2D eigenvalue weighted by atomic mass is 32.3. The van der Waals surface area contributed by atoms with E-state index in [0.717, 1.165) is 11.8 Å². The first-order valence-electron chi connectivity index (χ1n) is 5.19. The lowest BCUT2D eigenvalue weighted by Crippen LogP contribution is -2.43. The molecule has 1 aliphatic rings. The number of carbonyl (C=O) groups is 1. The molecule has 0 aromatic carbocycles. The molecule has 0 radical (unpaired) electrons. The van der Waals surface area contributed by atoms with Gasteiger partial charge in [0.05, 0.1) is 5.70 Å². The summed E-state index contributed by atoms with van der Waals surface area (Å²) in [7, 11) is -3.67. The number of pyridine rings is 1. The van der Waals surface area contributed by atoms with Gasteiger partial charge in [-0.3, -0.25) is 4.79 Å². The van der Waals surface area contributed by atoms with Gasteiger partial charge in [0, 0.05) is 18.5 Å². The summed E-state index contributed by atoms with van der Waals surface area (Å²) in [6, 6.07) is 4.70. The first-order chi connectivity index (χ1) is 8.37. The standard InChI is InChI=1S/C11H12N2O3S2/c1-8(14)9-7-17-11(2,13-9)18(15,16)10-5-3-4-6-12-10/h3-7,13H,1-2H3. The van der Waals surface area contributed by atoms with Gasteiger partial charge in [0.15, 0.2) is 15.0 Å². The maximum absolute atomic E-state index is 12.4. The Morgan fingerprint density at radius 3 is 2.67 bits per heavy atom. The van der Waals surface area contributed by atoms with E-state index in [1.807, 2.05) is 0 Å². The van der Waals surface area contributed by atoms with Crippen LogP contribution in [0.3, 0.4) is 0 Å². The quantitative estimate of drug-likeness (QED) is 0.901. The first kappa shape index (κ1) is 13.1. The maximum Gasteiger partial charge on any atom is 0.229 e. The van der Waals surface area contributed by atoms with Gasteiger partial charge in [-0.25, -0.2) is 13.4 Å². The van der Waals surface area contributed by atoms with Crippen molar-refractivity contribution in [2.24, 2.45) is 0 Å². The van der Waals surface area contributed by atoms with Crippen LogP contribution in [0.15, 0.2) is 40.5 Å². The zero-order valence-electron chi connectivity index (χ0n) is 9.88. The number of hydrogen-bond donors (Lipinski definition) is 1. The fourth-order valence-corrected chi connectivity index (χ4v) is 4.23.